The second-order valence-electron chi connectivity index (χ2n) is 4.80. The number of nitrogens with two attached hydrogens (primary N) is 1. The Morgan fingerprint density at radius 3 is 2.33 bits per heavy atom. The van der Waals surface area contributed by atoms with Crippen LogP contribution in [0.4, 0.5) is 0 Å². The van der Waals surface area contributed by atoms with Gasteiger partial charge < -0.3 is 11.1 Å². The normalized spacial score (nSPS) is 22.9. The zero-order chi connectivity index (χ0) is 12.1. The molecule has 3 nitrogen and oxygen atoms in total. The van der Waals surface area contributed by atoms with Gasteiger partial charge in [0.05, 0.1) is 11.6 Å². The lowest BCUT2D eigenvalue weighted by atomic mass is 9.92. The molecule has 98 valence electrons. The van der Waals surface area contributed by atoms with Crippen LogP contribution < -0.4 is 11.1 Å². The fraction of sp³-hybridized carbons (Fsp3) is 0.500. The molecule has 0 radical (unpaired) electrons. The van der Waals surface area contributed by atoms with Gasteiger partial charge in [-0.25, -0.2) is 0 Å². The molecule has 0 aromatic heterocycles. The molecule has 0 atom stereocenters. The van der Waals surface area contributed by atoms with E-state index in [1.54, 1.807) is 0 Å². The summed E-state index contributed by atoms with van der Waals surface area (Å²) in [6.45, 7) is 0.881. The molecule has 0 bridgehead atoms. The minimum Gasteiger partial charge on any atom is -0.328 e. The predicted octanol–water partition coefficient (Wildman–Crippen LogP) is 2.34. The van der Waals surface area contributed by atoms with Crippen LogP contribution in [0.2, 0.25) is 0 Å². The molecule has 1 aliphatic carbocycles. The number of rotatable bonds is 3. The first kappa shape index (κ1) is 15.0. The van der Waals surface area contributed by atoms with Gasteiger partial charge in [-0.3, -0.25) is 0 Å². The number of nitriles is 1. The molecule has 0 saturated heterocycles. The second kappa shape index (κ2) is 7.38. The molecule has 0 aliphatic heterocycles. The number of benzene rings is 1. The molecule has 4 heteroatoms. The topological polar surface area (TPSA) is 61.8 Å². The summed E-state index contributed by atoms with van der Waals surface area (Å²) in [5.41, 5.74) is 7.83. The van der Waals surface area contributed by atoms with E-state index < -0.39 is 0 Å². The third-order valence-corrected chi connectivity index (χ3v) is 3.45. The Morgan fingerprint density at radius 1 is 1.17 bits per heavy atom. The van der Waals surface area contributed by atoms with Crippen LogP contribution in [0.1, 0.15) is 36.8 Å². The molecule has 1 fully saturated rings. The standard InChI is InChI=1S/C14H19N3.ClH/c15-9-11-1-3-12(4-2-11)10-17-14-7-5-13(16)6-8-14;/h1-4,13-14,17H,5-8,10,16H2;1H. The third kappa shape index (κ3) is 4.30. The summed E-state index contributed by atoms with van der Waals surface area (Å²) < 4.78 is 0. The van der Waals surface area contributed by atoms with Crippen molar-refractivity contribution in [3.05, 3.63) is 35.4 Å². The maximum Gasteiger partial charge on any atom is 0.0991 e. The first-order chi connectivity index (χ1) is 8.28. The van der Waals surface area contributed by atoms with Crippen LogP contribution in [0.5, 0.6) is 0 Å². The molecular weight excluding hydrogens is 246 g/mol. The molecular formula is C14H20ClN3. The van der Waals surface area contributed by atoms with Gasteiger partial charge in [0.1, 0.15) is 0 Å². The third-order valence-electron chi connectivity index (χ3n) is 3.45. The minimum absolute atomic E-state index is 0. The zero-order valence-electron chi connectivity index (χ0n) is 10.4. The average Bonchev–Trinajstić information content (AvgIpc) is 2.39. The van der Waals surface area contributed by atoms with Crippen LogP contribution >= 0.6 is 12.4 Å². The highest BCUT2D eigenvalue weighted by Crippen LogP contribution is 2.17. The monoisotopic (exact) mass is 265 g/mol. The van der Waals surface area contributed by atoms with Gasteiger partial charge in [-0.05, 0) is 43.4 Å². The van der Waals surface area contributed by atoms with Crippen molar-refractivity contribution in [2.45, 2.75) is 44.3 Å². The fourth-order valence-corrected chi connectivity index (χ4v) is 2.28. The molecule has 0 spiro atoms. The van der Waals surface area contributed by atoms with Gasteiger partial charge in [0.15, 0.2) is 0 Å². The maximum atomic E-state index is 8.71. The number of hydrogen-bond donors (Lipinski definition) is 2. The largest absolute Gasteiger partial charge is 0.328 e. The Bertz CT molecular complexity index is 388. The van der Waals surface area contributed by atoms with E-state index in [9.17, 15) is 0 Å². The van der Waals surface area contributed by atoms with E-state index in [1.165, 1.54) is 18.4 Å². The number of nitrogens with zero attached hydrogens (tertiary/aromatic N) is 1. The van der Waals surface area contributed by atoms with Gasteiger partial charge in [0, 0.05) is 18.6 Å². The first-order valence-corrected chi connectivity index (χ1v) is 6.26. The van der Waals surface area contributed by atoms with E-state index in [-0.39, 0.29) is 12.4 Å². The van der Waals surface area contributed by atoms with Gasteiger partial charge in [-0.1, -0.05) is 12.1 Å². The van der Waals surface area contributed by atoms with E-state index in [4.69, 9.17) is 11.0 Å². The molecule has 1 saturated carbocycles. The molecule has 18 heavy (non-hydrogen) atoms. The Balaban J connectivity index is 0.00000162. The lowest BCUT2D eigenvalue weighted by Gasteiger charge is -2.26. The van der Waals surface area contributed by atoms with Crippen LogP contribution in [0, 0.1) is 11.3 Å². The Morgan fingerprint density at radius 2 is 1.78 bits per heavy atom. The summed E-state index contributed by atoms with van der Waals surface area (Å²) in [6.07, 6.45) is 4.62. The lowest BCUT2D eigenvalue weighted by Crippen LogP contribution is -2.36. The van der Waals surface area contributed by atoms with Crippen LogP contribution in [0.25, 0.3) is 0 Å². The Kier molecular flexibility index (Phi) is 6.14. The van der Waals surface area contributed by atoms with Crippen molar-refractivity contribution in [2.75, 3.05) is 0 Å². The summed E-state index contributed by atoms with van der Waals surface area (Å²) >= 11 is 0. The van der Waals surface area contributed by atoms with E-state index >= 15 is 0 Å². The summed E-state index contributed by atoms with van der Waals surface area (Å²) in [7, 11) is 0. The maximum absolute atomic E-state index is 8.71. The summed E-state index contributed by atoms with van der Waals surface area (Å²) in [6, 6.07) is 10.9. The van der Waals surface area contributed by atoms with Gasteiger partial charge in [-0.2, -0.15) is 5.26 Å². The summed E-state index contributed by atoms with van der Waals surface area (Å²) in [5, 5.41) is 12.3. The van der Waals surface area contributed by atoms with Crippen molar-refractivity contribution in [1.29, 1.82) is 5.26 Å². The molecule has 0 amide bonds. The van der Waals surface area contributed by atoms with Crippen molar-refractivity contribution in [3.63, 3.8) is 0 Å². The number of nitrogens with one attached hydrogen (secondary N) is 1. The van der Waals surface area contributed by atoms with Gasteiger partial charge in [0.2, 0.25) is 0 Å². The fourth-order valence-electron chi connectivity index (χ4n) is 2.28. The highest BCUT2D eigenvalue weighted by molar-refractivity contribution is 5.85. The van der Waals surface area contributed by atoms with Crippen molar-refractivity contribution in [1.82, 2.24) is 5.32 Å². The SMILES string of the molecule is Cl.N#Cc1ccc(CNC2CCC(N)CC2)cc1. The molecule has 0 unspecified atom stereocenters. The zero-order valence-corrected chi connectivity index (χ0v) is 11.2. The predicted molar refractivity (Wildman–Crippen MR) is 75.5 cm³/mol. The first-order valence-electron chi connectivity index (χ1n) is 6.26. The van der Waals surface area contributed by atoms with Gasteiger partial charge in [-0.15, -0.1) is 12.4 Å². The highest BCUT2D eigenvalue weighted by atomic mass is 35.5. The number of hydrogen-bond acceptors (Lipinski definition) is 3. The molecule has 1 aliphatic rings. The van der Waals surface area contributed by atoms with Gasteiger partial charge in [0.25, 0.3) is 0 Å². The molecule has 3 N–H and O–H groups in total. The van der Waals surface area contributed by atoms with E-state index in [0.717, 1.165) is 24.9 Å². The van der Waals surface area contributed by atoms with E-state index in [1.807, 2.05) is 24.3 Å². The second-order valence-corrected chi connectivity index (χ2v) is 4.80. The molecule has 0 heterocycles. The van der Waals surface area contributed by atoms with E-state index in [2.05, 4.69) is 11.4 Å². The Labute approximate surface area is 115 Å². The van der Waals surface area contributed by atoms with Crippen molar-refractivity contribution < 1.29 is 0 Å². The van der Waals surface area contributed by atoms with Crippen molar-refractivity contribution >= 4 is 12.4 Å². The molecule has 2 rings (SSSR count). The lowest BCUT2D eigenvalue weighted by molar-refractivity contribution is 0.342. The Hall–Kier alpha value is -1.08. The van der Waals surface area contributed by atoms with Crippen LogP contribution in [0.3, 0.4) is 0 Å². The van der Waals surface area contributed by atoms with E-state index in [0.29, 0.717) is 12.1 Å². The average molecular weight is 266 g/mol. The summed E-state index contributed by atoms with van der Waals surface area (Å²) in [4.78, 5) is 0. The number of halogens is 1. The van der Waals surface area contributed by atoms with Crippen LogP contribution in [-0.4, -0.2) is 12.1 Å². The van der Waals surface area contributed by atoms with Crippen LogP contribution in [0.15, 0.2) is 24.3 Å². The van der Waals surface area contributed by atoms with Crippen molar-refractivity contribution in [3.8, 4) is 6.07 Å². The molecule has 1 aromatic carbocycles. The highest BCUT2D eigenvalue weighted by Gasteiger charge is 2.17. The van der Waals surface area contributed by atoms with Crippen LogP contribution in [-0.2, 0) is 6.54 Å². The molecule has 1 aromatic rings. The van der Waals surface area contributed by atoms with Gasteiger partial charge >= 0.3 is 0 Å². The smallest absolute Gasteiger partial charge is 0.0991 e. The summed E-state index contributed by atoms with van der Waals surface area (Å²) in [5.74, 6) is 0. The quantitative estimate of drug-likeness (QED) is 0.882. The minimum atomic E-state index is 0. The van der Waals surface area contributed by atoms with Crippen molar-refractivity contribution in [2.24, 2.45) is 5.73 Å².